The van der Waals surface area contributed by atoms with Gasteiger partial charge in [-0.3, -0.25) is 19.2 Å². The van der Waals surface area contributed by atoms with E-state index in [1.165, 1.54) is 64.7 Å². The number of likely N-dealkylation sites (tertiary alicyclic amines) is 4. The number of nitrogens with zero attached hydrogens (tertiary/aromatic N) is 4. The lowest BCUT2D eigenvalue weighted by molar-refractivity contribution is -0.148. The molecule has 4 saturated heterocycles. The Hall–Kier alpha value is -3.78. The maximum absolute atomic E-state index is 13.4. The zero-order chi connectivity index (χ0) is 47.3. The molecule has 2 aromatic heterocycles. The quantitative estimate of drug-likeness (QED) is 0.0571. The molecule has 0 radical (unpaired) electrons. The van der Waals surface area contributed by atoms with Gasteiger partial charge in [-0.1, -0.05) is 74.9 Å². The molecule has 4 fully saturated rings. The number of Topliss-reactive ketones (excluding diaryl/α,β-unsaturated/α-hetero) is 2. The van der Waals surface area contributed by atoms with E-state index in [4.69, 9.17) is 28.9 Å². The van der Waals surface area contributed by atoms with Crippen LogP contribution in [0.1, 0.15) is 128 Å². The Bertz CT molecular complexity index is 2250. The van der Waals surface area contributed by atoms with E-state index >= 15 is 0 Å². The van der Waals surface area contributed by atoms with Crippen LogP contribution in [0.5, 0.6) is 0 Å². The number of halogens is 2. The van der Waals surface area contributed by atoms with Gasteiger partial charge in [0.2, 0.25) is 11.8 Å². The van der Waals surface area contributed by atoms with Crippen molar-refractivity contribution in [3.63, 3.8) is 0 Å². The van der Waals surface area contributed by atoms with Crippen LogP contribution in [-0.2, 0) is 32.0 Å². The van der Waals surface area contributed by atoms with E-state index in [2.05, 4.69) is 45.0 Å². The molecule has 8 rings (SSSR count). The summed E-state index contributed by atoms with van der Waals surface area (Å²) in [5.41, 5.74) is 10.4. The maximum Gasteiger partial charge on any atom is 0.240 e. The van der Waals surface area contributed by atoms with E-state index in [1.54, 1.807) is 17.3 Å². The highest BCUT2D eigenvalue weighted by molar-refractivity contribution is 6.36. The predicted octanol–water partition coefficient (Wildman–Crippen LogP) is 8.85. The lowest BCUT2D eigenvalue weighted by Crippen LogP contribution is -2.60. The lowest BCUT2D eigenvalue weighted by Gasteiger charge is -2.42. The first kappa shape index (κ1) is 51.1. The molecule has 0 unspecified atom stereocenters. The van der Waals surface area contributed by atoms with E-state index in [1.807, 2.05) is 35.2 Å². The zero-order valence-corrected chi connectivity index (χ0v) is 41.7. The topological polar surface area (TPSA) is 151 Å². The van der Waals surface area contributed by atoms with Crippen LogP contribution in [0.3, 0.4) is 0 Å². The number of aromatic nitrogens is 2. The number of H-pyrrole nitrogens is 2. The Labute approximate surface area is 408 Å². The molecule has 4 aromatic rings. The number of amides is 2. The molecule has 2 aromatic carbocycles. The van der Waals surface area contributed by atoms with Gasteiger partial charge in [-0.05, 0) is 152 Å². The Kier molecular flexibility index (Phi) is 19.2. The van der Waals surface area contributed by atoms with Crippen LogP contribution in [0.25, 0.3) is 21.8 Å². The molecule has 0 aliphatic carbocycles. The number of unbranched alkanes of at least 4 members (excludes halogenated alkanes) is 2. The van der Waals surface area contributed by atoms with Gasteiger partial charge in [-0.15, -0.1) is 0 Å². The number of nitrogens with one attached hydrogen (secondary N) is 3. The maximum atomic E-state index is 13.4. The normalized spacial score (nSPS) is 20.0. The fourth-order valence-corrected chi connectivity index (χ4v) is 10.8. The van der Waals surface area contributed by atoms with Gasteiger partial charge in [0.15, 0.2) is 11.6 Å². The fourth-order valence-electron chi connectivity index (χ4n) is 10.4. The van der Waals surface area contributed by atoms with Crippen molar-refractivity contribution >= 4 is 68.4 Å². The molecular weight excluding hydrogens is 884 g/mol. The summed E-state index contributed by atoms with van der Waals surface area (Å²) in [6.07, 6.45) is 20.9. The van der Waals surface area contributed by atoms with Crippen LogP contribution in [0.2, 0.25) is 10.0 Å². The monoisotopic (exact) mass is 959 g/mol. The highest BCUT2D eigenvalue weighted by Gasteiger charge is 2.40. The summed E-state index contributed by atoms with van der Waals surface area (Å²) >= 11 is 12.4. The lowest BCUT2D eigenvalue weighted by atomic mass is 9.92. The molecular formula is C53H76Cl2N8O4. The summed E-state index contributed by atoms with van der Waals surface area (Å²) in [5.74, 6) is 0.329. The van der Waals surface area contributed by atoms with Crippen LogP contribution in [-0.4, -0.2) is 136 Å². The van der Waals surface area contributed by atoms with Gasteiger partial charge in [0, 0.05) is 66.2 Å². The van der Waals surface area contributed by atoms with Gasteiger partial charge in [0.1, 0.15) is 0 Å². The number of nitrogens with two attached hydrogens (primary N) is 1. The van der Waals surface area contributed by atoms with Gasteiger partial charge in [-0.2, -0.15) is 0 Å². The SMILES string of the molecule is CC(C)N[C@H](CCCCN1CCCCC1)C(=O)N1CC[C@H]1C(=O)CCc1ccc2[nH]cc(Cl)c2c1.N[C@H](CCCCN1CCCCC1)C(=O)N1CC[C@H]1C(=O)CCc1ccc2[nH]cc(Cl)c2c1. The minimum atomic E-state index is -0.495. The van der Waals surface area contributed by atoms with Crippen molar-refractivity contribution in [3.8, 4) is 0 Å². The van der Waals surface area contributed by atoms with Gasteiger partial charge in [-0.25, -0.2) is 0 Å². The summed E-state index contributed by atoms with van der Waals surface area (Å²) < 4.78 is 0. The molecule has 366 valence electrons. The Morgan fingerprint density at radius 2 is 1.10 bits per heavy atom. The molecule has 4 aliphatic rings. The van der Waals surface area contributed by atoms with Crippen LogP contribution >= 0.6 is 23.2 Å². The number of benzene rings is 2. The number of hydrogen-bond acceptors (Lipinski definition) is 8. The first-order valence-electron chi connectivity index (χ1n) is 25.6. The van der Waals surface area contributed by atoms with Crippen LogP contribution in [0.4, 0.5) is 0 Å². The van der Waals surface area contributed by atoms with Crippen molar-refractivity contribution in [2.45, 2.75) is 160 Å². The number of fused-ring (bicyclic) bond motifs is 2. The minimum absolute atomic E-state index is 0.0619. The predicted molar refractivity (Wildman–Crippen MR) is 272 cm³/mol. The first-order valence-corrected chi connectivity index (χ1v) is 26.3. The van der Waals surface area contributed by atoms with Crippen molar-refractivity contribution in [3.05, 3.63) is 70.0 Å². The zero-order valence-electron chi connectivity index (χ0n) is 40.1. The van der Waals surface area contributed by atoms with E-state index < -0.39 is 6.04 Å². The van der Waals surface area contributed by atoms with Crippen molar-refractivity contribution in [1.29, 1.82) is 0 Å². The third kappa shape index (κ3) is 14.2. The van der Waals surface area contributed by atoms with Crippen LogP contribution < -0.4 is 11.1 Å². The molecule has 12 nitrogen and oxygen atoms in total. The van der Waals surface area contributed by atoms with Gasteiger partial charge >= 0.3 is 0 Å². The number of rotatable bonds is 22. The molecule has 14 heteroatoms. The Balaban J connectivity index is 0.000000200. The van der Waals surface area contributed by atoms with Crippen molar-refractivity contribution in [1.82, 2.24) is 34.9 Å². The Morgan fingerprint density at radius 3 is 1.55 bits per heavy atom. The molecule has 0 saturated carbocycles. The fraction of sp³-hybridized carbons (Fsp3) is 0.623. The smallest absolute Gasteiger partial charge is 0.240 e. The van der Waals surface area contributed by atoms with Crippen LogP contribution in [0, 0.1) is 0 Å². The number of piperidine rings is 2. The summed E-state index contributed by atoms with van der Waals surface area (Å²) in [6.45, 7) is 12.6. The number of hydrogen-bond donors (Lipinski definition) is 4. The second-order valence-electron chi connectivity index (χ2n) is 19.9. The number of carbonyl (C=O) groups excluding carboxylic acids is 4. The van der Waals surface area contributed by atoms with E-state index in [-0.39, 0.29) is 47.5 Å². The summed E-state index contributed by atoms with van der Waals surface area (Å²) in [4.78, 5) is 66.8. The molecule has 4 atom stereocenters. The molecule has 2 amide bonds. The molecule has 0 bridgehead atoms. The van der Waals surface area contributed by atoms with E-state index in [9.17, 15) is 19.2 Å². The highest BCUT2D eigenvalue weighted by atomic mass is 35.5. The average Bonchev–Trinajstić information content (AvgIpc) is 3.87. The average molecular weight is 960 g/mol. The third-order valence-electron chi connectivity index (χ3n) is 14.6. The number of ketones is 2. The van der Waals surface area contributed by atoms with Gasteiger partial charge < -0.3 is 40.6 Å². The largest absolute Gasteiger partial charge is 0.360 e. The second kappa shape index (κ2) is 25.2. The van der Waals surface area contributed by atoms with Crippen molar-refractivity contribution in [2.75, 3.05) is 52.4 Å². The van der Waals surface area contributed by atoms with Crippen molar-refractivity contribution < 1.29 is 19.2 Å². The number of aromatic amines is 2. The van der Waals surface area contributed by atoms with Crippen molar-refractivity contribution in [2.24, 2.45) is 5.73 Å². The molecule has 5 N–H and O–H groups in total. The van der Waals surface area contributed by atoms with Crippen LogP contribution in [0.15, 0.2) is 48.8 Å². The third-order valence-corrected chi connectivity index (χ3v) is 15.2. The number of aryl methyl sites for hydroxylation is 2. The van der Waals surface area contributed by atoms with E-state index in [0.29, 0.717) is 55.2 Å². The molecule has 67 heavy (non-hydrogen) atoms. The highest BCUT2D eigenvalue weighted by Crippen LogP contribution is 2.28. The van der Waals surface area contributed by atoms with Gasteiger partial charge in [0.25, 0.3) is 0 Å². The van der Waals surface area contributed by atoms with Gasteiger partial charge in [0.05, 0.1) is 34.2 Å². The Morgan fingerprint density at radius 1 is 0.642 bits per heavy atom. The molecule has 6 heterocycles. The molecule has 4 aliphatic heterocycles. The standard InChI is InChI=1S/C28H41ClN4O2.C25H35ClN4O2/c1-20(2)31-25(8-4-7-16-32-14-5-3-6-15-32)28(35)33-17-13-26(33)27(34)12-10-21-9-11-24-22(18-21)23(29)19-30-24;26-20-17-28-22-9-7-18(16-19(20)22)8-10-24(31)23-11-15-30(23)25(32)21(27)6-2-5-14-29-12-3-1-4-13-29/h9,11,18-20,25-26,30-31H,3-8,10,12-17H2,1-2H3;7,9,16-17,21,23,28H,1-6,8,10-15,27H2/t25-,26+;21-,23+/m11/s1. The van der Waals surface area contributed by atoms with E-state index in [0.717, 1.165) is 91.0 Å². The minimum Gasteiger partial charge on any atom is -0.360 e. The second-order valence-corrected chi connectivity index (χ2v) is 20.7. The molecule has 0 spiro atoms. The summed E-state index contributed by atoms with van der Waals surface area (Å²) in [6, 6.07) is 11.1. The first-order chi connectivity index (χ1) is 32.4. The number of carbonyl (C=O) groups is 4. The summed E-state index contributed by atoms with van der Waals surface area (Å²) in [5, 5.41) is 6.82. The summed E-state index contributed by atoms with van der Waals surface area (Å²) in [7, 11) is 0.